The molecule has 3 nitrogen and oxygen atoms in total. The van der Waals surface area contributed by atoms with Gasteiger partial charge in [0.05, 0.1) is 5.60 Å². The standard InChI is InChI=1S/C10H22N2O/c1-10(5-4-8-13-10)9-11-6-7-12(2)3/h11H,4-9H2,1-3H3. The number of nitrogens with zero attached hydrogens (tertiary/aromatic N) is 1. The first-order chi connectivity index (χ1) is 6.12. The lowest BCUT2D eigenvalue weighted by atomic mass is 10.0. The molecule has 1 fully saturated rings. The maximum atomic E-state index is 5.67. The van der Waals surface area contributed by atoms with Gasteiger partial charge < -0.3 is 15.0 Å². The lowest BCUT2D eigenvalue weighted by Crippen LogP contribution is -2.39. The van der Waals surface area contributed by atoms with Crippen LogP contribution in [0.15, 0.2) is 0 Å². The molecule has 0 spiro atoms. The van der Waals surface area contributed by atoms with E-state index < -0.39 is 0 Å². The molecule has 1 heterocycles. The van der Waals surface area contributed by atoms with E-state index in [1.807, 2.05) is 0 Å². The van der Waals surface area contributed by atoms with Crippen molar-refractivity contribution < 1.29 is 4.74 Å². The van der Waals surface area contributed by atoms with Gasteiger partial charge in [-0.25, -0.2) is 0 Å². The van der Waals surface area contributed by atoms with Crippen molar-refractivity contribution in [3.8, 4) is 0 Å². The van der Waals surface area contributed by atoms with Crippen LogP contribution in [0.3, 0.4) is 0 Å². The van der Waals surface area contributed by atoms with E-state index in [4.69, 9.17) is 4.74 Å². The second kappa shape index (κ2) is 4.94. The molecule has 0 radical (unpaired) electrons. The van der Waals surface area contributed by atoms with E-state index in [1.54, 1.807) is 0 Å². The predicted molar refractivity (Wildman–Crippen MR) is 55.0 cm³/mol. The molecule has 1 atom stereocenters. The molecule has 0 amide bonds. The molecule has 1 saturated heterocycles. The van der Waals surface area contributed by atoms with Gasteiger partial charge in [0, 0.05) is 26.2 Å². The Morgan fingerprint density at radius 1 is 1.46 bits per heavy atom. The highest BCUT2D eigenvalue weighted by molar-refractivity contribution is 4.82. The van der Waals surface area contributed by atoms with Crippen LogP contribution in [0, 0.1) is 0 Å². The zero-order valence-corrected chi connectivity index (χ0v) is 9.10. The van der Waals surface area contributed by atoms with Gasteiger partial charge in [-0.1, -0.05) is 0 Å². The van der Waals surface area contributed by atoms with Crippen molar-refractivity contribution in [3.63, 3.8) is 0 Å². The third-order valence-corrected chi connectivity index (χ3v) is 2.54. The molecule has 1 N–H and O–H groups in total. The molecule has 0 aromatic carbocycles. The van der Waals surface area contributed by atoms with Crippen LogP contribution in [-0.4, -0.2) is 50.8 Å². The van der Waals surface area contributed by atoms with Crippen molar-refractivity contribution in [2.75, 3.05) is 40.3 Å². The SMILES string of the molecule is CN(C)CCNCC1(C)CCCO1. The van der Waals surface area contributed by atoms with E-state index in [2.05, 4.69) is 31.2 Å². The Morgan fingerprint density at radius 3 is 2.77 bits per heavy atom. The van der Waals surface area contributed by atoms with Gasteiger partial charge in [0.2, 0.25) is 0 Å². The molecule has 0 aromatic heterocycles. The number of hydrogen-bond acceptors (Lipinski definition) is 3. The Balaban J connectivity index is 2.04. The fourth-order valence-corrected chi connectivity index (χ4v) is 1.63. The summed E-state index contributed by atoms with van der Waals surface area (Å²) >= 11 is 0. The topological polar surface area (TPSA) is 24.5 Å². The largest absolute Gasteiger partial charge is 0.374 e. The molecular weight excluding hydrogens is 164 g/mol. The summed E-state index contributed by atoms with van der Waals surface area (Å²) in [7, 11) is 4.19. The number of ether oxygens (including phenoxy) is 1. The molecule has 0 bridgehead atoms. The minimum absolute atomic E-state index is 0.103. The van der Waals surface area contributed by atoms with Crippen LogP contribution in [-0.2, 0) is 4.74 Å². The molecule has 1 unspecified atom stereocenters. The van der Waals surface area contributed by atoms with Gasteiger partial charge in [0.25, 0.3) is 0 Å². The molecule has 13 heavy (non-hydrogen) atoms. The van der Waals surface area contributed by atoms with Crippen LogP contribution >= 0.6 is 0 Å². The Labute approximate surface area is 81.4 Å². The summed E-state index contributed by atoms with van der Waals surface area (Å²) in [5.74, 6) is 0. The average Bonchev–Trinajstić information content (AvgIpc) is 2.47. The van der Waals surface area contributed by atoms with E-state index in [9.17, 15) is 0 Å². The first-order valence-electron chi connectivity index (χ1n) is 5.12. The van der Waals surface area contributed by atoms with Crippen molar-refractivity contribution in [1.29, 1.82) is 0 Å². The number of hydrogen-bond donors (Lipinski definition) is 1. The van der Waals surface area contributed by atoms with E-state index >= 15 is 0 Å². The molecule has 78 valence electrons. The quantitative estimate of drug-likeness (QED) is 0.640. The lowest BCUT2D eigenvalue weighted by Gasteiger charge is -2.23. The molecule has 0 aromatic rings. The molecule has 0 saturated carbocycles. The Bertz CT molecular complexity index is 142. The predicted octanol–water partition coefficient (Wildman–Crippen LogP) is 0.707. The normalized spacial score (nSPS) is 28.6. The van der Waals surface area contributed by atoms with Crippen molar-refractivity contribution in [2.45, 2.75) is 25.4 Å². The van der Waals surface area contributed by atoms with E-state index in [0.717, 1.165) is 26.2 Å². The first kappa shape index (κ1) is 11.0. The lowest BCUT2D eigenvalue weighted by molar-refractivity contribution is 0.0208. The highest BCUT2D eigenvalue weighted by Gasteiger charge is 2.28. The second-order valence-corrected chi connectivity index (χ2v) is 4.38. The summed E-state index contributed by atoms with van der Waals surface area (Å²) in [6.45, 7) is 6.26. The van der Waals surface area contributed by atoms with E-state index in [-0.39, 0.29) is 5.60 Å². The number of nitrogens with one attached hydrogen (secondary N) is 1. The average molecular weight is 186 g/mol. The minimum Gasteiger partial charge on any atom is -0.374 e. The van der Waals surface area contributed by atoms with Crippen molar-refractivity contribution in [2.24, 2.45) is 0 Å². The summed E-state index contributed by atoms with van der Waals surface area (Å²) in [5.41, 5.74) is 0.103. The zero-order chi connectivity index (χ0) is 9.73. The van der Waals surface area contributed by atoms with Crippen LogP contribution in [0.25, 0.3) is 0 Å². The summed E-state index contributed by atoms with van der Waals surface area (Å²) < 4.78 is 5.67. The highest BCUT2D eigenvalue weighted by atomic mass is 16.5. The van der Waals surface area contributed by atoms with Gasteiger partial charge in [-0.05, 0) is 33.9 Å². The highest BCUT2D eigenvalue weighted by Crippen LogP contribution is 2.23. The fourth-order valence-electron chi connectivity index (χ4n) is 1.63. The van der Waals surface area contributed by atoms with Gasteiger partial charge in [-0.2, -0.15) is 0 Å². The minimum atomic E-state index is 0.103. The molecular formula is C10H22N2O. The van der Waals surface area contributed by atoms with Crippen LogP contribution in [0.5, 0.6) is 0 Å². The summed E-state index contributed by atoms with van der Waals surface area (Å²) in [6.07, 6.45) is 2.41. The van der Waals surface area contributed by atoms with E-state index in [0.29, 0.717) is 0 Å². The second-order valence-electron chi connectivity index (χ2n) is 4.38. The summed E-state index contributed by atoms with van der Waals surface area (Å²) in [4.78, 5) is 2.19. The smallest absolute Gasteiger partial charge is 0.0779 e. The van der Waals surface area contributed by atoms with Crippen LogP contribution in [0.4, 0.5) is 0 Å². The van der Waals surface area contributed by atoms with Gasteiger partial charge in [-0.3, -0.25) is 0 Å². The Morgan fingerprint density at radius 2 is 2.23 bits per heavy atom. The summed E-state index contributed by atoms with van der Waals surface area (Å²) in [5, 5.41) is 3.43. The maximum Gasteiger partial charge on any atom is 0.0779 e. The molecule has 1 rings (SSSR count). The van der Waals surface area contributed by atoms with E-state index in [1.165, 1.54) is 12.8 Å². The Hall–Kier alpha value is -0.120. The Kier molecular flexibility index (Phi) is 4.16. The monoisotopic (exact) mass is 186 g/mol. The number of rotatable bonds is 5. The summed E-state index contributed by atoms with van der Waals surface area (Å²) in [6, 6.07) is 0. The van der Waals surface area contributed by atoms with Gasteiger partial charge in [-0.15, -0.1) is 0 Å². The van der Waals surface area contributed by atoms with Crippen molar-refractivity contribution in [1.82, 2.24) is 10.2 Å². The third kappa shape index (κ3) is 4.07. The fraction of sp³-hybridized carbons (Fsp3) is 1.00. The van der Waals surface area contributed by atoms with Crippen LogP contribution in [0.1, 0.15) is 19.8 Å². The first-order valence-corrected chi connectivity index (χ1v) is 5.12. The maximum absolute atomic E-state index is 5.67. The zero-order valence-electron chi connectivity index (χ0n) is 9.10. The van der Waals surface area contributed by atoms with Gasteiger partial charge in [0.1, 0.15) is 0 Å². The number of likely N-dealkylation sites (N-methyl/N-ethyl adjacent to an activating group) is 1. The van der Waals surface area contributed by atoms with Gasteiger partial charge in [0.15, 0.2) is 0 Å². The molecule has 1 aliphatic rings. The molecule has 0 aliphatic carbocycles. The molecule has 1 aliphatic heterocycles. The third-order valence-electron chi connectivity index (χ3n) is 2.54. The van der Waals surface area contributed by atoms with Crippen molar-refractivity contribution >= 4 is 0 Å². The van der Waals surface area contributed by atoms with Gasteiger partial charge >= 0.3 is 0 Å². The van der Waals surface area contributed by atoms with Crippen LogP contribution < -0.4 is 5.32 Å². The van der Waals surface area contributed by atoms with Crippen LogP contribution in [0.2, 0.25) is 0 Å². The van der Waals surface area contributed by atoms with Crippen molar-refractivity contribution in [3.05, 3.63) is 0 Å². The molecule has 3 heteroatoms.